The van der Waals surface area contributed by atoms with Crippen molar-refractivity contribution in [2.24, 2.45) is 0 Å². The van der Waals surface area contributed by atoms with Gasteiger partial charge in [0.2, 0.25) is 5.91 Å². The molecule has 2 amide bonds. The fourth-order valence-electron chi connectivity index (χ4n) is 3.55. The first-order chi connectivity index (χ1) is 15.3. The molecule has 0 aromatic heterocycles. The highest BCUT2D eigenvalue weighted by Crippen LogP contribution is 2.26. The van der Waals surface area contributed by atoms with Gasteiger partial charge in [-0.3, -0.25) is 9.59 Å². The maximum atomic E-state index is 13.2. The molecular formula is C26H35BrN2O3. The fourth-order valence-corrected chi connectivity index (χ4v) is 3.78. The van der Waals surface area contributed by atoms with Crippen LogP contribution >= 0.6 is 15.9 Å². The predicted molar refractivity (Wildman–Crippen MR) is 133 cm³/mol. The van der Waals surface area contributed by atoms with Crippen LogP contribution in [0.4, 0.5) is 0 Å². The molecule has 0 unspecified atom stereocenters. The minimum atomic E-state index is -0.530. The molecule has 0 aliphatic carbocycles. The van der Waals surface area contributed by atoms with Crippen molar-refractivity contribution in [1.29, 1.82) is 0 Å². The summed E-state index contributed by atoms with van der Waals surface area (Å²) < 4.78 is 6.89. The second-order valence-electron chi connectivity index (χ2n) is 8.22. The molecule has 32 heavy (non-hydrogen) atoms. The van der Waals surface area contributed by atoms with Crippen molar-refractivity contribution in [3.05, 3.63) is 63.6 Å². The molecule has 0 heterocycles. The maximum Gasteiger partial charge on any atom is 0.261 e. The van der Waals surface area contributed by atoms with Crippen LogP contribution in [0.2, 0.25) is 0 Å². The molecule has 2 aromatic rings. The Morgan fingerprint density at radius 1 is 1.06 bits per heavy atom. The molecule has 0 spiro atoms. The number of hydrogen-bond donors (Lipinski definition) is 1. The Hall–Kier alpha value is -2.34. The van der Waals surface area contributed by atoms with Gasteiger partial charge in [0.15, 0.2) is 6.61 Å². The Labute approximate surface area is 200 Å². The first kappa shape index (κ1) is 25.9. The summed E-state index contributed by atoms with van der Waals surface area (Å²) in [6, 6.07) is 13.4. The van der Waals surface area contributed by atoms with Gasteiger partial charge in [-0.2, -0.15) is 0 Å². The molecule has 1 N–H and O–H groups in total. The average Bonchev–Trinajstić information content (AvgIpc) is 2.78. The molecule has 0 saturated carbocycles. The number of benzene rings is 2. The highest BCUT2D eigenvalue weighted by Gasteiger charge is 2.29. The monoisotopic (exact) mass is 502 g/mol. The van der Waals surface area contributed by atoms with Crippen molar-refractivity contribution in [2.45, 2.75) is 66.0 Å². The van der Waals surface area contributed by atoms with Gasteiger partial charge in [-0.05, 0) is 68.9 Å². The first-order valence-corrected chi connectivity index (χ1v) is 12.1. The SMILES string of the molecule is CC[C@H](C(=O)N[C@@H](C)CC)N(CCc1ccccc1)C(=O)COc1cc(C)c(Br)c(C)c1. The molecule has 174 valence electrons. The van der Waals surface area contributed by atoms with Gasteiger partial charge in [-0.25, -0.2) is 0 Å². The van der Waals surface area contributed by atoms with Crippen LogP contribution in [0.5, 0.6) is 5.75 Å². The zero-order chi connectivity index (χ0) is 23.7. The third-order valence-electron chi connectivity index (χ3n) is 5.64. The number of ether oxygens (including phenoxy) is 1. The van der Waals surface area contributed by atoms with E-state index in [-0.39, 0.29) is 24.5 Å². The first-order valence-electron chi connectivity index (χ1n) is 11.3. The van der Waals surface area contributed by atoms with Crippen molar-refractivity contribution in [2.75, 3.05) is 13.2 Å². The van der Waals surface area contributed by atoms with E-state index in [4.69, 9.17) is 4.74 Å². The van der Waals surface area contributed by atoms with E-state index in [9.17, 15) is 9.59 Å². The van der Waals surface area contributed by atoms with Crippen LogP contribution in [-0.4, -0.2) is 41.9 Å². The number of amides is 2. The molecule has 0 radical (unpaired) electrons. The van der Waals surface area contributed by atoms with Crippen LogP contribution in [0.15, 0.2) is 46.9 Å². The molecule has 0 saturated heterocycles. The van der Waals surface area contributed by atoms with Gasteiger partial charge in [-0.1, -0.05) is 60.1 Å². The Kier molecular flexibility index (Phi) is 10.2. The summed E-state index contributed by atoms with van der Waals surface area (Å²) in [7, 11) is 0. The van der Waals surface area contributed by atoms with Crippen molar-refractivity contribution in [3.63, 3.8) is 0 Å². The van der Waals surface area contributed by atoms with Gasteiger partial charge >= 0.3 is 0 Å². The van der Waals surface area contributed by atoms with E-state index >= 15 is 0 Å². The molecule has 0 fully saturated rings. The molecule has 0 bridgehead atoms. The number of rotatable bonds is 11. The lowest BCUT2D eigenvalue weighted by atomic mass is 10.1. The number of nitrogens with one attached hydrogen (secondary N) is 1. The molecule has 0 aliphatic heterocycles. The van der Waals surface area contributed by atoms with Gasteiger partial charge in [0, 0.05) is 17.1 Å². The van der Waals surface area contributed by atoms with Gasteiger partial charge in [0.1, 0.15) is 11.8 Å². The Morgan fingerprint density at radius 3 is 2.25 bits per heavy atom. The summed E-state index contributed by atoms with van der Waals surface area (Å²) in [5, 5.41) is 3.03. The largest absolute Gasteiger partial charge is 0.484 e. The molecule has 6 heteroatoms. The lowest BCUT2D eigenvalue weighted by Gasteiger charge is -2.31. The minimum absolute atomic E-state index is 0.0626. The van der Waals surface area contributed by atoms with E-state index in [1.54, 1.807) is 4.90 Å². The number of carbonyl (C=O) groups excluding carboxylic acids is 2. The zero-order valence-corrected chi connectivity index (χ0v) is 21.4. The van der Waals surface area contributed by atoms with Crippen LogP contribution in [0, 0.1) is 13.8 Å². The molecule has 2 atom stereocenters. The van der Waals surface area contributed by atoms with Gasteiger partial charge in [0.05, 0.1) is 0 Å². The smallest absolute Gasteiger partial charge is 0.261 e. The van der Waals surface area contributed by atoms with Crippen LogP contribution in [0.25, 0.3) is 0 Å². The number of halogens is 1. The van der Waals surface area contributed by atoms with Crippen LogP contribution in [-0.2, 0) is 16.0 Å². The Balaban J connectivity index is 2.17. The molecular weight excluding hydrogens is 468 g/mol. The normalized spacial score (nSPS) is 12.7. The van der Waals surface area contributed by atoms with E-state index in [1.807, 2.05) is 77.1 Å². The van der Waals surface area contributed by atoms with E-state index in [1.165, 1.54) is 0 Å². The van der Waals surface area contributed by atoms with Crippen molar-refractivity contribution >= 4 is 27.7 Å². The summed E-state index contributed by atoms with van der Waals surface area (Å²) in [5.74, 6) is 0.348. The van der Waals surface area contributed by atoms with Crippen LogP contribution in [0.1, 0.15) is 50.3 Å². The Morgan fingerprint density at radius 2 is 1.69 bits per heavy atom. The van der Waals surface area contributed by atoms with E-state index < -0.39 is 6.04 Å². The number of aryl methyl sites for hydroxylation is 2. The maximum absolute atomic E-state index is 13.2. The second kappa shape index (κ2) is 12.6. The van der Waals surface area contributed by atoms with Crippen molar-refractivity contribution in [1.82, 2.24) is 10.2 Å². The highest BCUT2D eigenvalue weighted by molar-refractivity contribution is 9.10. The third kappa shape index (κ3) is 7.37. The molecule has 2 rings (SSSR count). The topological polar surface area (TPSA) is 58.6 Å². The van der Waals surface area contributed by atoms with Crippen LogP contribution in [0.3, 0.4) is 0 Å². The summed E-state index contributed by atoms with van der Waals surface area (Å²) in [4.78, 5) is 27.9. The lowest BCUT2D eigenvalue weighted by Crippen LogP contribution is -2.52. The Bertz CT molecular complexity index is 878. The summed E-state index contributed by atoms with van der Waals surface area (Å²) in [6.07, 6.45) is 2.06. The predicted octanol–water partition coefficient (Wildman–Crippen LogP) is 5.21. The summed E-state index contributed by atoms with van der Waals surface area (Å²) >= 11 is 3.55. The van der Waals surface area contributed by atoms with Gasteiger partial charge < -0.3 is 15.0 Å². The summed E-state index contributed by atoms with van der Waals surface area (Å²) in [5.41, 5.74) is 3.23. The van der Waals surface area contributed by atoms with Crippen LogP contribution < -0.4 is 10.1 Å². The second-order valence-corrected chi connectivity index (χ2v) is 9.02. The quantitative estimate of drug-likeness (QED) is 0.458. The molecule has 2 aromatic carbocycles. The van der Waals surface area contributed by atoms with Gasteiger partial charge in [0.25, 0.3) is 5.91 Å². The third-order valence-corrected chi connectivity index (χ3v) is 6.89. The fraction of sp³-hybridized carbons (Fsp3) is 0.462. The lowest BCUT2D eigenvalue weighted by molar-refractivity contribution is -0.142. The van der Waals surface area contributed by atoms with Gasteiger partial charge in [-0.15, -0.1) is 0 Å². The zero-order valence-electron chi connectivity index (χ0n) is 19.8. The minimum Gasteiger partial charge on any atom is -0.484 e. The average molecular weight is 503 g/mol. The summed E-state index contributed by atoms with van der Waals surface area (Å²) in [6.45, 7) is 10.3. The highest BCUT2D eigenvalue weighted by atomic mass is 79.9. The molecule has 5 nitrogen and oxygen atoms in total. The van der Waals surface area contributed by atoms with E-state index in [0.29, 0.717) is 25.1 Å². The van der Waals surface area contributed by atoms with E-state index in [0.717, 1.165) is 27.6 Å². The number of carbonyl (C=O) groups is 2. The number of nitrogens with zero attached hydrogens (tertiary/aromatic N) is 1. The van der Waals surface area contributed by atoms with Crippen molar-refractivity contribution < 1.29 is 14.3 Å². The standard InChI is InChI=1S/C26H35BrN2O3/c1-6-20(5)28-26(31)23(7-2)29(14-13-21-11-9-8-10-12-21)24(30)17-32-22-15-18(3)25(27)19(4)16-22/h8-12,15-16,20,23H,6-7,13-14,17H2,1-5H3,(H,28,31)/t20-,23+/m0/s1. The number of hydrogen-bond acceptors (Lipinski definition) is 3. The van der Waals surface area contributed by atoms with Crippen molar-refractivity contribution in [3.8, 4) is 5.75 Å². The molecule has 0 aliphatic rings. The van der Waals surface area contributed by atoms with E-state index in [2.05, 4.69) is 21.2 Å².